The Hall–Kier alpha value is -0.650. The van der Waals surface area contributed by atoms with Gasteiger partial charge in [-0.15, -0.1) is 0 Å². The van der Waals surface area contributed by atoms with Gasteiger partial charge in [-0.2, -0.15) is 0 Å². The number of nitrogens with two attached hydrogens (primary N) is 1. The number of aliphatic hydroxyl groups excluding tert-OH is 2. The third kappa shape index (κ3) is 12.5. The van der Waals surface area contributed by atoms with Crippen molar-refractivity contribution < 1.29 is 20.1 Å². The molecule has 0 radical (unpaired) electrons. The van der Waals surface area contributed by atoms with Crippen molar-refractivity contribution in [3.63, 3.8) is 0 Å². The Morgan fingerprint density at radius 1 is 1.45 bits per heavy atom. The van der Waals surface area contributed by atoms with Gasteiger partial charge in [-0.25, -0.2) is 0 Å². The van der Waals surface area contributed by atoms with Gasteiger partial charge >= 0.3 is 5.97 Å². The van der Waals surface area contributed by atoms with Crippen molar-refractivity contribution in [3.8, 4) is 0 Å². The van der Waals surface area contributed by atoms with Gasteiger partial charge in [-0.1, -0.05) is 6.92 Å². The van der Waals surface area contributed by atoms with E-state index >= 15 is 0 Å². The highest BCUT2D eigenvalue weighted by atomic mass is 16.4. The normalized spacial score (nSPS) is 11.3. The van der Waals surface area contributed by atoms with E-state index in [0.29, 0.717) is 6.42 Å². The fraction of sp³-hybridized carbons (Fsp3) is 0.833. The predicted octanol–water partition coefficient (Wildman–Crippen LogP) is -1.22. The van der Waals surface area contributed by atoms with Gasteiger partial charge in [0.25, 0.3) is 0 Å². The summed E-state index contributed by atoms with van der Waals surface area (Å²) in [5, 5.41) is 23.3. The molecule has 68 valence electrons. The smallest absolute Gasteiger partial charge is 0.320 e. The zero-order chi connectivity index (χ0) is 9.28. The minimum Gasteiger partial charge on any atom is -0.480 e. The second-order valence-electron chi connectivity index (χ2n) is 1.80. The lowest BCUT2D eigenvalue weighted by Gasteiger charge is -1.97. The summed E-state index contributed by atoms with van der Waals surface area (Å²) in [6, 6.07) is -0.681. The molecule has 0 aliphatic heterocycles. The molecular formula is C6H15NO4. The Morgan fingerprint density at radius 2 is 1.82 bits per heavy atom. The Labute approximate surface area is 65.5 Å². The highest BCUT2D eigenvalue weighted by molar-refractivity contribution is 5.72. The molecule has 0 aromatic heterocycles. The standard InChI is InChI=1S/C4H9NO2.C2H6O2/c1-2-3(5)4(6)7;3-1-2-4/h3H,2,5H2,1H3,(H,6,7);3-4H,1-2H2. The Bertz CT molecular complexity index is 94.6. The van der Waals surface area contributed by atoms with Crippen molar-refractivity contribution in [2.24, 2.45) is 5.73 Å². The summed E-state index contributed by atoms with van der Waals surface area (Å²) in [4.78, 5) is 9.81. The fourth-order valence-corrected chi connectivity index (χ4v) is 0.175. The van der Waals surface area contributed by atoms with Gasteiger partial charge in [0, 0.05) is 0 Å². The van der Waals surface area contributed by atoms with Crippen LogP contribution < -0.4 is 5.73 Å². The van der Waals surface area contributed by atoms with Crippen molar-refractivity contribution in [1.82, 2.24) is 0 Å². The molecule has 0 amide bonds. The molecule has 0 saturated heterocycles. The number of carboxylic acids is 1. The van der Waals surface area contributed by atoms with Gasteiger partial charge in [0.2, 0.25) is 0 Å². The minimum absolute atomic E-state index is 0.125. The SMILES string of the molecule is CCC(N)C(=O)O.OCCO. The molecule has 5 nitrogen and oxygen atoms in total. The van der Waals surface area contributed by atoms with Crippen molar-refractivity contribution in [1.29, 1.82) is 0 Å². The molecule has 0 aromatic rings. The lowest BCUT2D eigenvalue weighted by Crippen LogP contribution is -2.28. The largest absolute Gasteiger partial charge is 0.480 e. The number of hydrogen-bond acceptors (Lipinski definition) is 4. The van der Waals surface area contributed by atoms with Gasteiger partial charge in [-0.3, -0.25) is 4.79 Å². The van der Waals surface area contributed by atoms with Crippen LogP contribution in [0, 0.1) is 0 Å². The molecule has 1 unspecified atom stereocenters. The summed E-state index contributed by atoms with van der Waals surface area (Å²) in [5.74, 6) is -0.928. The molecule has 1 atom stereocenters. The van der Waals surface area contributed by atoms with E-state index in [1.165, 1.54) is 0 Å². The highest BCUT2D eigenvalue weighted by Crippen LogP contribution is 1.82. The summed E-state index contributed by atoms with van der Waals surface area (Å²) in [7, 11) is 0. The predicted molar refractivity (Wildman–Crippen MR) is 40.1 cm³/mol. The van der Waals surface area contributed by atoms with Crippen LogP contribution in [0.4, 0.5) is 0 Å². The Balaban J connectivity index is 0. The maximum atomic E-state index is 9.81. The molecule has 0 spiro atoms. The first-order valence-corrected chi connectivity index (χ1v) is 3.30. The van der Waals surface area contributed by atoms with Crippen LogP contribution >= 0.6 is 0 Å². The van der Waals surface area contributed by atoms with E-state index in [1.54, 1.807) is 6.92 Å². The molecule has 5 heteroatoms. The van der Waals surface area contributed by atoms with E-state index in [2.05, 4.69) is 0 Å². The van der Waals surface area contributed by atoms with Crippen LogP contribution in [0.25, 0.3) is 0 Å². The third-order valence-electron chi connectivity index (χ3n) is 0.857. The van der Waals surface area contributed by atoms with Crippen LogP contribution in [0.15, 0.2) is 0 Å². The number of rotatable bonds is 3. The van der Waals surface area contributed by atoms with Crippen molar-refractivity contribution >= 4 is 5.97 Å². The molecule has 0 fully saturated rings. The number of carboxylic acid groups (broad SMARTS) is 1. The second kappa shape index (κ2) is 9.35. The molecule has 0 bridgehead atoms. The van der Waals surface area contributed by atoms with E-state index in [1.807, 2.05) is 0 Å². The van der Waals surface area contributed by atoms with Crippen LogP contribution in [0.3, 0.4) is 0 Å². The van der Waals surface area contributed by atoms with Crippen molar-refractivity contribution in [2.75, 3.05) is 13.2 Å². The Morgan fingerprint density at radius 3 is 1.82 bits per heavy atom. The quantitative estimate of drug-likeness (QED) is 0.419. The molecule has 0 heterocycles. The fourth-order valence-electron chi connectivity index (χ4n) is 0.175. The van der Waals surface area contributed by atoms with Gasteiger partial charge in [0.1, 0.15) is 6.04 Å². The lowest BCUT2D eigenvalue weighted by molar-refractivity contribution is -0.138. The van der Waals surface area contributed by atoms with Crippen LogP contribution in [0.1, 0.15) is 13.3 Å². The molecule has 0 aliphatic rings. The second-order valence-corrected chi connectivity index (χ2v) is 1.80. The number of aliphatic hydroxyl groups is 2. The first-order chi connectivity index (χ1) is 5.09. The molecule has 5 N–H and O–H groups in total. The number of carbonyl (C=O) groups is 1. The summed E-state index contributed by atoms with van der Waals surface area (Å²) in [5.41, 5.74) is 5.02. The average molecular weight is 165 g/mol. The zero-order valence-electron chi connectivity index (χ0n) is 6.53. The summed E-state index contributed by atoms with van der Waals surface area (Å²) < 4.78 is 0. The minimum atomic E-state index is -0.928. The average Bonchev–Trinajstić information content (AvgIpc) is 2.03. The summed E-state index contributed by atoms with van der Waals surface area (Å²) in [6.45, 7) is 1.48. The van der Waals surface area contributed by atoms with Gasteiger partial charge in [0.15, 0.2) is 0 Å². The van der Waals surface area contributed by atoms with Crippen LogP contribution in [-0.4, -0.2) is 40.5 Å². The van der Waals surface area contributed by atoms with Crippen LogP contribution in [0.5, 0.6) is 0 Å². The molecular weight excluding hydrogens is 150 g/mol. The molecule has 0 saturated carbocycles. The highest BCUT2D eigenvalue weighted by Gasteiger charge is 2.05. The van der Waals surface area contributed by atoms with E-state index in [-0.39, 0.29) is 13.2 Å². The summed E-state index contributed by atoms with van der Waals surface area (Å²) in [6.07, 6.45) is 0.495. The first-order valence-electron chi connectivity index (χ1n) is 3.30. The van der Waals surface area contributed by atoms with Gasteiger partial charge in [0.05, 0.1) is 13.2 Å². The van der Waals surface area contributed by atoms with E-state index in [9.17, 15) is 4.79 Å². The molecule has 0 aromatic carbocycles. The third-order valence-corrected chi connectivity index (χ3v) is 0.857. The summed E-state index contributed by atoms with van der Waals surface area (Å²) >= 11 is 0. The Kier molecular flexibility index (Phi) is 11.0. The topological polar surface area (TPSA) is 104 Å². The van der Waals surface area contributed by atoms with E-state index < -0.39 is 12.0 Å². The van der Waals surface area contributed by atoms with Gasteiger partial charge < -0.3 is 21.1 Å². The maximum Gasteiger partial charge on any atom is 0.320 e. The van der Waals surface area contributed by atoms with E-state index in [0.717, 1.165) is 0 Å². The van der Waals surface area contributed by atoms with Crippen molar-refractivity contribution in [3.05, 3.63) is 0 Å². The van der Waals surface area contributed by atoms with Crippen LogP contribution in [-0.2, 0) is 4.79 Å². The monoisotopic (exact) mass is 165 g/mol. The zero-order valence-corrected chi connectivity index (χ0v) is 6.53. The molecule has 0 rings (SSSR count). The number of aliphatic carboxylic acids is 1. The lowest BCUT2D eigenvalue weighted by atomic mass is 10.2. The first kappa shape index (κ1) is 13.0. The van der Waals surface area contributed by atoms with E-state index in [4.69, 9.17) is 21.1 Å². The molecule has 0 aliphatic carbocycles. The van der Waals surface area contributed by atoms with Crippen molar-refractivity contribution in [2.45, 2.75) is 19.4 Å². The van der Waals surface area contributed by atoms with Crippen LogP contribution in [0.2, 0.25) is 0 Å². The van der Waals surface area contributed by atoms with Gasteiger partial charge in [-0.05, 0) is 6.42 Å². The number of hydrogen-bond donors (Lipinski definition) is 4. The molecule has 11 heavy (non-hydrogen) atoms. The maximum absolute atomic E-state index is 9.81.